The smallest absolute Gasteiger partial charge is 0.389 e. The van der Waals surface area contributed by atoms with Gasteiger partial charge in [0, 0.05) is 12.6 Å². The molecule has 194 valence electrons. The minimum absolute atomic E-state index is 0.0142. The second-order valence-electron chi connectivity index (χ2n) is 8.17. The largest absolute Gasteiger partial charge is 0.485 e. The number of benzene rings is 1. The minimum atomic E-state index is -4.40. The fourth-order valence-electron chi connectivity index (χ4n) is 3.68. The van der Waals surface area contributed by atoms with Crippen LogP contribution in [-0.2, 0) is 16.1 Å². The number of alkyl halides is 3. The number of esters is 1. The monoisotopic (exact) mass is 513 g/mol. The van der Waals surface area contributed by atoms with Crippen molar-refractivity contribution in [2.75, 3.05) is 7.11 Å². The Balaban J connectivity index is 1.88. The third-order valence-electron chi connectivity index (χ3n) is 5.39. The fourth-order valence-corrected chi connectivity index (χ4v) is 3.68. The molecule has 2 heterocycles. The Hall–Kier alpha value is -3.70. The fraction of sp³-hybridized carbons (Fsp3) is 0.375. The van der Waals surface area contributed by atoms with Crippen LogP contribution in [0.25, 0.3) is 5.65 Å². The first kappa shape index (κ1) is 26.9. The Morgan fingerprint density at radius 2 is 1.83 bits per heavy atom. The Morgan fingerprint density at radius 1 is 1.17 bits per heavy atom. The Kier molecular flexibility index (Phi) is 8.16. The van der Waals surface area contributed by atoms with Gasteiger partial charge in [-0.2, -0.15) is 13.2 Å². The van der Waals surface area contributed by atoms with Crippen LogP contribution in [0, 0.1) is 25.5 Å². The first-order chi connectivity index (χ1) is 16.9. The highest BCUT2D eigenvalue weighted by atomic mass is 19.4. The van der Waals surface area contributed by atoms with Gasteiger partial charge in [0.2, 0.25) is 0 Å². The predicted molar refractivity (Wildman–Crippen MR) is 119 cm³/mol. The SMILES string of the molecule is COC(=O)C(CCCC(F)(F)F)NC(=O)c1c(C)nc2c(OCc3c(F)cccc3F)cc(C)cn12. The number of nitrogens with zero attached hydrogens (tertiary/aromatic N) is 2. The lowest BCUT2D eigenvalue weighted by molar-refractivity contribution is -0.145. The van der Waals surface area contributed by atoms with Gasteiger partial charge in [0.1, 0.15) is 30.0 Å². The molecule has 0 aliphatic carbocycles. The summed E-state index contributed by atoms with van der Waals surface area (Å²) in [6.07, 6.45) is -4.62. The summed E-state index contributed by atoms with van der Waals surface area (Å²) in [4.78, 5) is 29.5. The Morgan fingerprint density at radius 3 is 2.44 bits per heavy atom. The Labute approximate surface area is 203 Å². The molecule has 1 N–H and O–H groups in total. The standard InChI is InChI=1S/C24H24F5N3O4/c1-13-10-19(36-12-15-16(25)6-4-7-17(15)26)21-30-14(2)20(32(21)11-13)22(33)31-18(23(34)35-3)8-5-9-24(27,28)29/h4,6-7,10-11,18H,5,8-9,12H2,1-3H3,(H,31,33). The molecule has 0 saturated carbocycles. The molecule has 2 aromatic heterocycles. The molecule has 1 atom stereocenters. The number of carbonyl (C=O) groups is 2. The molecule has 12 heteroatoms. The summed E-state index contributed by atoms with van der Waals surface area (Å²) in [6.45, 7) is 2.78. The van der Waals surface area contributed by atoms with E-state index in [1.807, 2.05) is 0 Å². The summed E-state index contributed by atoms with van der Waals surface area (Å²) in [5.74, 6) is -3.06. The number of rotatable bonds is 9. The van der Waals surface area contributed by atoms with Crippen LogP contribution in [-0.4, -0.2) is 40.6 Å². The van der Waals surface area contributed by atoms with E-state index in [-0.39, 0.29) is 41.2 Å². The number of halogens is 5. The lowest BCUT2D eigenvalue weighted by Crippen LogP contribution is -2.42. The first-order valence-electron chi connectivity index (χ1n) is 10.9. The molecule has 3 rings (SSSR count). The Bertz CT molecular complexity index is 1250. The molecule has 36 heavy (non-hydrogen) atoms. The van der Waals surface area contributed by atoms with Crippen molar-refractivity contribution in [3.8, 4) is 5.75 Å². The third-order valence-corrected chi connectivity index (χ3v) is 5.39. The number of methoxy groups -OCH3 is 1. The van der Waals surface area contributed by atoms with Gasteiger partial charge < -0.3 is 14.8 Å². The highest BCUT2D eigenvalue weighted by Gasteiger charge is 2.30. The van der Waals surface area contributed by atoms with E-state index < -0.39 is 48.8 Å². The van der Waals surface area contributed by atoms with Crippen LogP contribution in [0.2, 0.25) is 0 Å². The van der Waals surface area contributed by atoms with Gasteiger partial charge in [-0.1, -0.05) is 6.07 Å². The van der Waals surface area contributed by atoms with E-state index in [9.17, 15) is 31.5 Å². The number of hydrogen-bond donors (Lipinski definition) is 1. The van der Waals surface area contributed by atoms with E-state index in [4.69, 9.17) is 4.74 Å². The van der Waals surface area contributed by atoms with E-state index in [0.717, 1.165) is 19.2 Å². The van der Waals surface area contributed by atoms with Crippen molar-refractivity contribution in [1.29, 1.82) is 0 Å². The van der Waals surface area contributed by atoms with Crippen LogP contribution in [0.3, 0.4) is 0 Å². The zero-order valence-electron chi connectivity index (χ0n) is 19.7. The maximum atomic E-state index is 14.0. The summed E-state index contributed by atoms with van der Waals surface area (Å²) in [5, 5.41) is 2.42. The van der Waals surface area contributed by atoms with Gasteiger partial charge in [0.05, 0.1) is 18.4 Å². The van der Waals surface area contributed by atoms with E-state index in [1.165, 1.54) is 17.4 Å². The number of aromatic nitrogens is 2. The van der Waals surface area contributed by atoms with Crippen molar-refractivity contribution in [2.45, 2.75) is 51.9 Å². The molecular weight excluding hydrogens is 489 g/mol. The van der Waals surface area contributed by atoms with E-state index in [2.05, 4.69) is 15.0 Å². The van der Waals surface area contributed by atoms with Crippen molar-refractivity contribution < 1.29 is 41.0 Å². The van der Waals surface area contributed by atoms with Gasteiger partial charge in [0.25, 0.3) is 5.91 Å². The minimum Gasteiger partial charge on any atom is -0.485 e. The topological polar surface area (TPSA) is 81.9 Å². The number of ether oxygens (including phenoxy) is 2. The van der Waals surface area contributed by atoms with Gasteiger partial charge in [-0.15, -0.1) is 0 Å². The highest BCUT2D eigenvalue weighted by Crippen LogP contribution is 2.27. The summed E-state index contributed by atoms with van der Waals surface area (Å²) < 4.78 is 77.2. The van der Waals surface area contributed by atoms with Gasteiger partial charge >= 0.3 is 12.1 Å². The molecule has 0 saturated heterocycles. The maximum absolute atomic E-state index is 14.0. The number of carbonyl (C=O) groups excluding carboxylic acids is 2. The maximum Gasteiger partial charge on any atom is 0.389 e. The predicted octanol–water partition coefficient (Wildman–Crippen LogP) is 4.81. The molecule has 0 radical (unpaired) electrons. The third kappa shape index (κ3) is 6.29. The molecule has 0 aliphatic rings. The van der Waals surface area contributed by atoms with E-state index >= 15 is 0 Å². The van der Waals surface area contributed by atoms with Gasteiger partial charge in [-0.25, -0.2) is 18.6 Å². The zero-order chi connectivity index (χ0) is 26.6. The number of pyridine rings is 1. The second kappa shape index (κ2) is 10.9. The number of nitrogens with one attached hydrogen (secondary N) is 1. The van der Waals surface area contributed by atoms with Gasteiger partial charge in [-0.05, 0) is 50.5 Å². The molecule has 0 fully saturated rings. The van der Waals surface area contributed by atoms with Gasteiger partial charge in [0.15, 0.2) is 11.4 Å². The van der Waals surface area contributed by atoms with Crippen molar-refractivity contribution in [2.24, 2.45) is 0 Å². The van der Waals surface area contributed by atoms with E-state index in [0.29, 0.717) is 5.56 Å². The van der Waals surface area contributed by atoms with Gasteiger partial charge in [-0.3, -0.25) is 9.20 Å². The quantitative estimate of drug-likeness (QED) is 0.328. The van der Waals surface area contributed by atoms with Crippen LogP contribution >= 0.6 is 0 Å². The molecule has 0 spiro atoms. The van der Waals surface area contributed by atoms with Crippen molar-refractivity contribution in [3.05, 3.63) is 64.6 Å². The number of amides is 1. The highest BCUT2D eigenvalue weighted by molar-refractivity contribution is 5.97. The molecule has 0 bridgehead atoms. The van der Waals surface area contributed by atoms with Crippen LogP contribution in [0.4, 0.5) is 22.0 Å². The summed E-state index contributed by atoms with van der Waals surface area (Å²) in [5.41, 5.74) is 0.761. The van der Waals surface area contributed by atoms with Crippen LogP contribution in [0.15, 0.2) is 30.5 Å². The first-order valence-corrected chi connectivity index (χ1v) is 10.9. The van der Waals surface area contributed by atoms with Crippen molar-refractivity contribution in [3.63, 3.8) is 0 Å². The number of aryl methyl sites for hydroxylation is 2. The lowest BCUT2D eigenvalue weighted by atomic mass is 10.1. The number of imidazole rings is 1. The molecule has 3 aromatic rings. The molecule has 1 unspecified atom stereocenters. The molecule has 1 aromatic carbocycles. The number of hydrogen-bond acceptors (Lipinski definition) is 5. The lowest BCUT2D eigenvalue weighted by Gasteiger charge is -2.17. The zero-order valence-corrected chi connectivity index (χ0v) is 19.7. The molecule has 7 nitrogen and oxygen atoms in total. The summed E-state index contributed by atoms with van der Waals surface area (Å²) in [7, 11) is 1.07. The summed E-state index contributed by atoms with van der Waals surface area (Å²) in [6, 6.07) is 3.70. The van der Waals surface area contributed by atoms with Crippen LogP contribution < -0.4 is 10.1 Å². The second-order valence-corrected chi connectivity index (χ2v) is 8.17. The van der Waals surface area contributed by atoms with Crippen LogP contribution in [0.1, 0.15) is 46.6 Å². The summed E-state index contributed by atoms with van der Waals surface area (Å²) >= 11 is 0. The molecular formula is C24H24F5N3O4. The van der Waals surface area contributed by atoms with Crippen molar-refractivity contribution >= 4 is 17.5 Å². The average molecular weight is 513 g/mol. The average Bonchev–Trinajstić information content (AvgIpc) is 3.12. The number of fused-ring (bicyclic) bond motifs is 1. The molecule has 0 aliphatic heterocycles. The molecule has 1 amide bonds. The normalized spacial score (nSPS) is 12.4. The van der Waals surface area contributed by atoms with E-state index in [1.54, 1.807) is 19.2 Å². The van der Waals surface area contributed by atoms with Crippen LogP contribution in [0.5, 0.6) is 5.75 Å². The van der Waals surface area contributed by atoms with Crippen molar-refractivity contribution in [1.82, 2.24) is 14.7 Å².